The maximum Gasteiger partial charge on any atom is 0.0178 e. The smallest absolute Gasteiger partial charge is 0.0178 e. The first-order valence-corrected chi connectivity index (χ1v) is 9.66. The monoisotopic (exact) mass is 333 g/mol. The van der Waals surface area contributed by atoms with Crippen molar-refractivity contribution in [3.63, 3.8) is 0 Å². The van der Waals surface area contributed by atoms with E-state index in [4.69, 9.17) is 5.73 Å². The van der Waals surface area contributed by atoms with Gasteiger partial charge in [0.05, 0.1) is 0 Å². The first kappa shape index (κ1) is 16.6. The summed E-state index contributed by atoms with van der Waals surface area (Å²) < 4.78 is 0. The molecule has 0 spiro atoms. The van der Waals surface area contributed by atoms with Crippen molar-refractivity contribution in [3.8, 4) is 0 Å². The normalized spacial score (nSPS) is 12.6. The van der Waals surface area contributed by atoms with Gasteiger partial charge in [-0.25, -0.2) is 0 Å². The van der Waals surface area contributed by atoms with E-state index in [9.17, 15) is 0 Å². The lowest BCUT2D eigenvalue weighted by molar-refractivity contribution is 1.06. The van der Waals surface area contributed by atoms with E-state index in [1.54, 1.807) is 0 Å². The molecule has 3 rings (SSSR count). The largest absolute Gasteiger partial charge is 0.326 e. The maximum absolute atomic E-state index is 5.74. The van der Waals surface area contributed by atoms with Crippen LogP contribution in [0.5, 0.6) is 0 Å². The zero-order valence-corrected chi connectivity index (χ0v) is 14.6. The fourth-order valence-electron chi connectivity index (χ4n) is 2.70. The zero-order chi connectivity index (χ0) is 16.8. The van der Waals surface area contributed by atoms with Crippen LogP contribution >= 0.6 is 10.9 Å². The van der Waals surface area contributed by atoms with Crippen molar-refractivity contribution in [1.82, 2.24) is 0 Å². The van der Waals surface area contributed by atoms with Gasteiger partial charge in [0.1, 0.15) is 0 Å². The molecule has 0 aliphatic heterocycles. The highest BCUT2D eigenvalue weighted by atomic mass is 32.2. The summed E-state index contributed by atoms with van der Waals surface area (Å²) >= 11 is 0. The molecular formula is C22H23NS. The molecule has 3 aromatic carbocycles. The Morgan fingerprint density at radius 1 is 0.750 bits per heavy atom. The van der Waals surface area contributed by atoms with Gasteiger partial charge in [0.2, 0.25) is 0 Å². The molecule has 0 saturated carbocycles. The van der Waals surface area contributed by atoms with Gasteiger partial charge < -0.3 is 5.73 Å². The Morgan fingerprint density at radius 2 is 1.33 bits per heavy atom. The minimum Gasteiger partial charge on any atom is -0.326 e. The van der Waals surface area contributed by atoms with E-state index in [2.05, 4.69) is 85.4 Å². The number of rotatable bonds is 6. The Bertz CT molecular complexity index is 776. The number of hydrogen-bond donors (Lipinski definition) is 2. The summed E-state index contributed by atoms with van der Waals surface area (Å²) in [6, 6.07) is 28.3. The molecule has 24 heavy (non-hydrogen) atoms. The summed E-state index contributed by atoms with van der Waals surface area (Å²) in [5.41, 5.74) is 9.45. The van der Waals surface area contributed by atoms with Crippen LogP contribution in [-0.4, -0.2) is 0 Å². The van der Waals surface area contributed by atoms with E-state index < -0.39 is 10.9 Å². The lowest BCUT2D eigenvalue weighted by atomic mass is 10.2. The zero-order valence-electron chi connectivity index (χ0n) is 13.7. The second-order valence-corrected chi connectivity index (χ2v) is 7.94. The van der Waals surface area contributed by atoms with Crippen LogP contribution in [0.15, 0.2) is 95.2 Å². The number of thiol groups is 1. The Labute approximate surface area is 147 Å². The van der Waals surface area contributed by atoms with Gasteiger partial charge in [-0.15, -0.1) is 0 Å². The predicted molar refractivity (Wildman–Crippen MR) is 107 cm³/mol. The predicted octanol–water partition coefficient (Wildman–Crippen LogP) is 5.41. The Balaban J connectivity index is 1.96. The van der Waals surface area contributed by atoms with Crippen molar-refractivity contribution in [2.24, 2.45) is 5.73 Å². The lowest BCUT2D eigenvalue weighted by Crippen LogP contribution is -1.96. The quantitative estimate of drug-likeness (QED) is 0.580. The molecule has 122 valence electrons. The van der Waals surface area contributed by atoms with Gasteiger partial charge >= 0.3 is 0 Å². The van der Waals surface area contributed by atoms with Crippen LogP contribution in [0.3, 0.4) is 0 Å². The highest BCUT2D eigenvalue weighted by Crippen LogP contribution is 2.47. The SMILES string of the molecule is C=Cc1ccc([SH](Cc2ccccc2)c2ccc(CN)cc2)cc1. The molecule has 2 N–H and O–H groups in total. The summed E-state index contributed by atoms with van der Waals surface area (Å²) in [5, 5.41) is 0. The van der Waals surface area contributed by atoms with Crippen molar-refractivity contribution in [2.75, 3.05) is 0 Å². The van der Waals surface area contributed by atoms with Crippen LogP contribution in [-0.2, 0) is 12.3 Å². The van der Waals surface area contributed by atoms with E-state index >= 15 is 0 Å². The molecule has 2 heteroatoms. The first-order valence-electron chi connectivity index (χ1n) is 8.13. The fourth-order valence-corrected chi connectivity index (χ4v) is 4.96. The minimum absolute atomic E-state index is 0.437. The molecule has 0 fully saturated rings. The molecule has 0 aliphatic carbocycles. The summed E-state index contributed by atoms with van der Waals surface area (Å²) in [7, 11) is -0.437. The van der Waals surface area contributed by atoms with E-state index in [0.717, 1.165) is 11.3 Å². The van der Waals surface area contributed by atoms with Gasteiger partial charge in [-0.2, -0.15) is 10.9 Å². The second kappa shape index (κ2) is 8.00. The van der Waals surface area contributed by atoms with Crippen LogP contribution in [0, 0.1) is 0 Å². The fraction of sp³-hybridized carbons (Fsp3) is 0.0909. The molecule has 1 nitrogen and oxygen atoms in total. The third-order valence-electron chi connectivity index (χ3n) is 4.11. The Hall–Kier alpha value is -2.29. The van der Waals surface area contributed by atoms with Crippen molar-refractivity contribution in [2.45, 2.75) is 22.1 Å². The molecular weight excluding hydrogens is 310 g/mol. The van der Waals surface area contributed by atoms with E-state index in [1.807, 2.05) is 6.08 Å². The van der Waals surface area contributed by atoms with Crippen molar-refractivity contribution >= 4 is 17.0 Å². The van der Waals surface area contributed by atoms with Crippen LogP contribution in [0.2, 0.25) is 0 Å². The molecule has 0 saturated heterocycles. The third kappa shape index (κ3) is 3.97. The number of benzene rings is 3. The van der Waals surface area contributed by atoms with E-state index in [0.29, 0.717) is 6.54 Å². The Morgan fingerprint density at radius 3 is 1.88 bits per heavy atom. The standard InChI is InChI=1S/C22H23NS/c1-2-18-8-12-21(13-9-18)24(17-20-6-4-3-5-7-20)22-14-10-19(16-23)11-15-22/h2-15,24H,1,16-17,23H2. The molecule has 0 heterocycles. The van der Waals surface area contributed by atoms with Gasteiger partial charge in [0.25, 0.3) is 0 Å². The van der Waals surface area contributed by atoms with Gasteiger partial charge in [0, 0.05) is 12.3 Å². The summed E-state index contributed by atoms with van der Waals surface area (Å²) in [6.45, 7) is 4.43. The van der Waals surface area contributed by atoms with Gasteiger partial charge in [-0.1, -0.05) is 67.3 Å². The minimum atomic E-state index is -0.437. The van der Waals surface area contributed by atoms with Crippen LogP contribution in [0.4, 0.5) is 0 Å². The van der Waals surface area contributed by atoms with Gasteiger partial charge in [0.15, 0.2) is 0 Å². The molecule has 3 aromatic rings. The van der Waals surface area contributed by atoms with E-state index in [-0.39, 0.29) is 0 Å². The van der Waals surface area contributed by atoms with Crippen LogP contribution in [0.1, 0.15) is 16.7 Å². The summed E-state index contributed by atoms with van der Waals surface area (Å²) in [4.78, 5) is 2.78. The highest BCUT2D eigenvalue weighted by molar-refractivity contribution is 8.16. The van der Waals surface area contributed by atoms with Crippen molar-refractivity contribution in [1.29, 1.82) is 0 Å². The average Bonchev–Trinajstić information content (AvgIpc) is 2.67. The molecule has 0 aliphatic rings. The first-order chi connectivity index (χ1) is 11.8. The van der Waals surface area contributed by atoms with Crippen LogP contribution < -0.4 is 5.73 Å². The second-order valence-electron chi connectivity index (χ2n) is 5.74. The van der Waals surface area contributed by atoms with E-state index in [1.165, 1.54) is 20.9 Å². The molecule has 1 unspecified atom stereocenters. The maximum atomic E-state index is 5.74. The summed E-state index contributed by atoms with van der Waals surface area (Å²) in [5.74, 6) is 1.05. The Kier molecular flexibility index (Phi) is 5.52. The molecule has 0 radical (unpaired) electrons. The summed E-state index contributed by atoms with van der Waals surface area (Å²) in [6.07, 6.45) is 1.89. The third-order valence-corrected chi connectivity index (χ3v) is 6.63. The molecule has 0 amide bonds. The van der Waals surface area contributed by atoms with Crippen LogP contribution in [0.25, 0.3) is 6.08 Å². The number of hydrogen-bond acceptors (Lipinski definition) is 1. The van der Waals surface area contributed by atoms with Gasteiger partial charge in [-0.3, -0.25) is 0 Å². The average molecular weight is 334 g/mol. The highest BCUT2D eigenvalue weighted by Gasteiger charge is 2.11. The molecule has 0 aromatic heterocycles. The topological polar surface area (TPSA) is 26.0 Å². The van der Waals surface area contributed by atoms with Crippen molar-refractivity contribution in [3.05, 3.63) is 102 Å². The van der Waals surface area contributed by atoms with Gasteiger partial charge in [-0.05, 0) is 50.7 Å². The lowest BCUT2D eigenvalue weighted by Gasteiger charge is -2.23. The molecule has 0 bridgehead atoms. The van der Waals surface area contributed by atoms with Crippen molar-refractivity contribution < 1.29 is 0 Å². The molecule has 1 atom stereocenters. The number of nitrogens with two attached hydrogens (primary N) is 1.